The first-order valence-electron chi connectivity index (χ1n) is 10.2. The Kier molecular flexibility index (Phi) is 6.16. The van der Waals surface area contributed by atoms with E-state index < -0.39 is 5.91 Å². The molecular formula is C22H23Cl2N3O3. The van der Waals surface area contributed by atoms with Gasteiger partial charge in [-0.2, -0.15) is 5.10 Å². The van der Waals surface area contributed by atoms with Crippen molar-refractivity contribution >= 4 is 40.7 Å². The first-order chi connectivity index (χ1) is 14.5. The number of benzene rings is 1. The molecule has 0 unspecified atom stereocenters. The Bertz CT molecular complexity index is 1020. The van der Waals surface area contributed by atoms with Gasteiger partial charge in [-0.25, -0.2) is 5.43 Å². The number of likely N-dealkylation sites (tertiary alicyclic amines) is 1. The Morgan fingerprint density at radius 1 is 1.10 bits per heavy atom. The second-order valence-corrected chi connectivity index (χ2v) is 8.53. The van der Waals surface area contributed by atoms with Crippen LogP contribution in [0.5, 0.6) is 0 Å². The topological polar surface area (TPSA) is 74.9 Å². The summed E-state index contributed by atoms with van der Waals surface area (Å²) in [5.41, 5.74) is 5.22. The van der Waals surface area contributed by atoms with E-state index in [2.05, 4.69) is 10.5 Å². The summed E-state index contributed by atoms with van der Waals surface area (Å²) in [5, 5.41) is 5.07. The van der Waals surface area contributed by atoms with Gasteiger partial charge in [-0.15, -0.1) is 0 Å². The van der Waals surface area contributed by atoms with Crippen LogP contribution in [0.1, 0.15) is 69.9 Å². The Labute approximate surface area is 185 Å². The van der Waals surface area contributed by atoms with Crippen molar-refractivity contribution in [2.75, 3.05) is 13.1 Å². The van der Waals surface area contributed by atoms with Crippen LogP contribution >= 0.6 is 23.2 Å². The van der Waals surface area contributed by atoms with E-state index in [-0.39, 0.29) is 10.9 Å². The van der Waals surface area contributed by atoms with E-state index in [1.807, 2.05) is 11.8 Å². The van der Waals surface area contributed by atoms with Gasteiger partial charge >= 0.3 is 0 Å². The molecule has 8 heteroatoms. The number of piperidine rings is 1. The highest BCUT2D eigenvalue weighted by Crippen LogP contribution is 2.31. The van der Waals surface area contributed by atoms with Crippen molar-refractivity contribution in [2.24, 2.45) is 5.10 Å². The third kappa shape index (κ3) is 4.12. The normalized spacial score (nSPS) is 17.7. The number of aryl methyl sites for hydroxylation is 1. The number of hydrazone groups is 1. The van der Waals surface area contributed by atoms with Crippen LogP contribution in [-0.4, -0.2) is 35.5 Å². The molecule has 0 radical (unpaired) electrons. The highest BCUT2D eigenvalue weighted by molar-refractivity contribution is 6.36. The van der Waals surface area contributed by atoms with Gasteiger partial charge in [-0.1, -0.05) is 23.2 Å². The van der Waals surface area contributed by atoms with Gasteiger partial charge in [0.25, 0.3) is 11.8 Å². The fraction of sp³-hybridized carbons (Fsp3) is 0.409. The van der Waals surface area contributed by atoms with E-state index in [0.29, 0.717) is 28.5 Å². The molecule has 1 aliphatic heterocycles. The lowest BCUT2D eigenvalue weighted by molar-refractivity contribution is 0.0689. The minimum Gasteiger partial charge on any atom is -0.455 e. The summed E-state index contributed by atoms with van der Waals surface area (Å²) >= 11 is 12.0. The monoisotopic (exact) mass is 447 g/mol. The molecule has 2 amide bonds. The fourth-order valence-electron chi connectivity index (χ4n) is 4.08. The van der Waals surface area contributed by atoms with Crippen molar-refractivity contribution in [2.45, 2.75) is 45.4 Å². The zero-order chi connectivity index (χ0) is 21.3. The van der Waals surface area contributed by atoms with Crippen molar-refractivity contribution in [1.29, 1.82) is 0 Å². The van der Waals surface area contributed by atoms with Crippen LogP contribution in [0.2, 0.25) is 10.0 Å². The van der Waals surface area contributed by atoms with Gasteiger partial charge in [0.05, 0.1) is 16.3 Å². The highest BCUT2D eigenvalue weighted by Gasteiger charge is 2.30. The number of furan rings is 1. The Morgan fingerprint density at radius 2 is 1.87 bits per heavy atom. The molecule has 1 N–H and O–H groups in total. The van der Waals surface area contributed by atoms with Crippen LogP contribution in [0.25, 0.3) is 0 Å². The molecule has 158 valence electrons. The molecule has 30 heavy (non-hydrogen) atoms. The molecule has 4 rings (SSSR count). The van der Waals surface area contributed by atoms with Gasteiger partial charge in [0, 0.05) is 35.7 Å². The molecule has 6 nitrogen and oxygen atoms in total. The van der Waals surface area contributed by atoms with Crippen molar-refractivity contribution in [3.05, 3.63) is 56.5 Å². The van der Waals surface area contributed by atoms with E-state index in [9.17, 15) is 9.59 Å². The van der Waals surface area contributed by atoms with Gasteiger partial charge in [0.15, 0.2) is 5.76 Å². The van der Waals surface area contributed by atoms with E-state index in [1.54, 1.807) is 12.1 Å². The molecule has 1 aromatic carbocycles. The van der Waals surface area contributed by atoms with Crippen molar-refractivity contribution in [3.63, 3.8) is 0 Å². The number of hydrogen-bond acceptors (Lipinski definition) is 4. The molecule has 1 aliphatic carbocycles. The predicted molar refractivity (Wildman–Crippen MR) is 117 cm³/mol. The fourth-order valence-corrected chi connectivity index (χ4v) is 4.57. The summed E-state index contributed by atoms with van der Waals surface area (Å²) in [4.78, 5) is 27.3. The molecule has 1 aromatic heterocycles. The number of amides is 2. The molecule has 1 fully saturated rings. The number of carbonyl (C=O) groups is 2. The lowest BCUT2D eigenvalue weighted by Gasteiger charge is -2.25. The standard InChI is InChI=1S/C22H23Cl2N3O3/c1-13-19-17(25-26-21(28)15-9-8-14(23)12-16(15)24)6-5-7-18(19)30-20(13)22(29)27-10-3-2-4-11-27/h8-9,12H,2-7,10-11H2,1H3,(H,26,28)/b25-17+. The SMILES string of the molecule is Cc1c(C(=O)N2CCCCC2)oc2c1/C(=N/NC(=O)c1ccc(Cl)cc1Cl)CCC2. The molecule has 0 atom stereocenters. The lowest BCUT2D eigenvalue weighted by atomic mass is 9.93. The molecule has 1 saturated heterocycles. The summed E-state index contributed by atoms with van der Waals surface area (Å²) in [6.07, 6.45) is 5.49. The largest absolute Gasteiger partial charge is 0.455 e. The van der Waals surface area contributed by atoms with E-state index >= 15 is 0 Å². The number of halogens is 2. The smallest absolute Gasteiger partial charge is 0.289 e. The first-order valence-corrected chi connectivity index (χ1v) is 10.9. The Balaban J connectivity index is 1.58. The van der Waals surface area contributed by atoms with E-state index in [0.717, 1.165) is 62.1 Å². The van der Waals surface area contributed by atoms with Crippen molar-refractivity contribution in [1.82, 2.24) is 10.3 Å². The lowest BCUT2D eigenvalue weighted by Crippen LogP contribution is -2.35. The second-order valence-electron chi connectivity index (χ2n) is 7.68. The maximum atomic E-state index is 13.0. The number of nitrogens with one attached hydrogen (secondary N) is 1. The van der Waals surface area contributed by atoms with Crippen molar-refractivity contribution < 1.29 is 14.0 Å². The summed E-state index contributed by atoms with van der Waals surface area (Å²) in [5.74, 6) is 0.681. The quantitative estimate of drug-likeness (QED) is 0.673. The molecular weight excluding hydrogens is 425 g/mol. The summed E-state index contributed by atoms with van der Waals surface area (Å²) in [7, 11) is 0. The number of nitrogens with zero attached hydrogens (tertiary/aromatic N) is 2. The summed E-state index contributed by atoms with van der Waals surface area (Å²) < 4.78 is 5.99. The molecule has 0 saturated carbocycles. The third-order valence-corrected chi connectivity index (χ3v) is 6.18. The zero-order valence-electron chi connectivity index (χ0n) is 16.8. The molecule has 0 bridgehead atoms. The van der Waals surface area contributed by atoms with Crippen LogP contribution in [0.3, 0.4) is 0 Å². The van der Waals surface area contributed by atoms with Crippen LogP contribution in [0, 0.1) is 6.92 Å². The van der Waals surface area contributed by atoms with Crippen LogP contribution in [0.4, 0.5) is 0 Å². The van der Waals surface area contributed by atoms with Crippen LogP contribution in [0.15, 0.2) is 27.7 Å². The minimum absolute atomic E-state index is 0.0575. The van der Waals surface area contributed by atoms with Gasteiger partial charge in [-0.3, -0.25) is 9.59 Å². The maximum Gasteiger partial charge on any atom is 0.289 e. The molecule has 0 spiro atoms. The minimum atomic E-state index is -0.415. The molecule has 2 aliphatic rings. The Morgan fingerprint density at radius 3 is 2.60 bits per heavy atom. The molecule has 2 aromatic rings. The zero-order valence-corrected chi connectivity index (χ0v) is 18.3. The molecule has 2 heterocycles. The predicted octanol–water partition coefficient (Wildman–Crippen LogP) is 4.99. The second kappa shape index (κ2) is 8.82. The maximum absolute atomic E-state index is 13.0. The van der Waals surface area contributed by atoms with Gasteiger partial charge < -0.3 is 9.32 Å². The van der Waals surface area contributed by atoms with E-state index in [1.165, 1.54) is 6.07 Å². The van der Waals surface area contributed by atoms with Crippen LogP contribution in [-0.2, 0) is 6.42 Å². The Hall–Kier alpha value is -2.31. The van der Waals surface area contributed by atoms with Gasteiger partial charge in [0.1, 0.15) is 5.76 Å². The number of fused-ring (bicyclic) bond motifs is 1. The number of hydrogen-bond donors (Lipinski definition) is 1. The highest BCUT2D eigenvalue weighted by atomic mass is 35.5. The van der Waals surface area contributed by atoms with E-state index in [4.69, 9.17) is 27.6 Å². The summed E-state index contributed by atoms with van der Waals surface area (Å²) in [6.45, 7) is 3.42. The number of rotatable bonds is 3. The number of carbonyl (C=O) groups excluding carboxylic acids is 2. The average molecular weight is 448 g/mol. The van der Waals surface area contributed by atoms with Crippen molar-refractivity contribution in [3.8, 4) is 0 Å². The first kappa shape index (κ1) is 20.9. The van der Waals surface area contributed by atoms with Gasteiger partial charge in [-0.05, 0) is 57.2 Å². The summed E-state index contributed by atoms with van der Waals surface area (Å²) in [6, 6.07) is 4.68. The van der Waals surface area contributed by atoms with Gasteiger partial charge in [0.2, 0.25) is 0 Å². The third-order valence-electron chi connectivity index (χ3n) is 5.63. The average Bonchev–Trinajstić information content (AvgIpc) is 3.09. The van der Waals surface area contributed by atoms with Crippen LogP contribution < -0.4 is 5.43 Å².